The van der Waals surface area contributed by atoms with Crippen LogP contribution in [0.25, 0.3) is 0 Å². The van der Waals surface area contributed by atoms with Crippen molar-refractivity contribution < 1.29 is 8.42 Å². The van der Waals surface area contributed by atoms with Gasteiger partial charge in [-0.25, -0.2) is 8.42 Å². The normalized spacial score (nSPS) is 11.7. The summed E-state index contributed by atoms with van der Waals surface area (Å²) in [6.45, 7) is 3.17. The quantitative estimate of drug-likeness (QED) is 0.805. The molecule has 4 nitrogen and oxygen atoms in total. The van der Waals surface area contributed by atoms with E-state index in [9.17, 15) is 8.42 Å². The summed E-state index contributed by atoms with van der Waals surface area (Å²) in [5.41, 5.74) is 6.30. The molecular weight excluding hydrogens is 236 g/mol. The molecule has 0 amide bonds. The van der Waals surface area contributed by atoms with Crippen molar-refractivity contribution in [1.29, 1.82) is 0 Å². The molecular formula is C9H13ClN2O2S. The number of hydrogen-bond donors (Lipinski definition) is 2. The van der Waals surface area contributed by atoms with Crippen LogP contribution >= 0.6 is 11.6 Å². The standard InChI is InChI=1S/C9H13ClN2O2S/c1-6(2)15(13,14)12-9-5-7(11)3-4-8(9)10/h3-6,12H,11H2,1-2H3. The van der Waals surface area contributed by atoms with Gasteiger partial charge in [-0.05, 0) is 32.0 Å². The van der Waals surface area contributed by atoms with Gasteiger partial charge in [-0.15, -0.1) is 0 Å². The molecule has 0 spiro atoms. The lowest BCUT2D eigenvalue weighted by Gasteiger charge is -2.12. The average Bonchev–Trinajstić information content (AvgIpc) is 2.10. The summed E-state index contributed by atoms with van der Waals surface area (Å²) in [6.07, 6.45) is 0. The minimum absolute atomic E-state index is 0.311. The highest BCUT2D eigenvalue weighted by atomic mass is 35.5. The summed E-state index contributed by atoms with van der Waals surface area (Å²) in [5.74, 6) is 0. The topological polar surface area (TPSA) is 72.2 Å². The average molecular weight is 249 g/mol. The first kappa shape index (κ1) is 12.1. The van der Waals surface area contributed by atoms with Crippen LogP contribution in [0.1, 0.15) is 13.8 Å². The fourth-order valence-electron chi connectivity index (χ4n) is 0.892. The van der Waals surface area contributed by atoms with Crippen LogP contribution in [0.3, 0.4) is 0 Å². The number of hydrogen-bond acceptors (Lipinski definition) is 3. The zero-order chi connectivity index (χ0) is 11.6. The highest BCUT2D eigenvalue weighted by Crippen LogP contribution is 2.25. The largest absolute Gasteiger partial charge is 0.399 e. The molecule has 3 N–H and O–H groups in total. The van der Waals surface area contributed by atoms with Gasteiger partial charge in [0.25, 0.3) is 0 Å². The maximum Gasteiger partial charge on any atom is 0.235 e. The van der Waals surface area contributed by atoms with Gasteiger partial charge in [-0.1, -0.05) is 11.6 Å². The lowest BCUT2D eigenvalue weighted by molar-refractivity contribution is 0.593. The van der Waals surface area contributed by atoms with Gasteiger partial charge in [0.2, 0.25) is 10.0 Å². The predicted molar refractivity (Wildman–Crippen MR) is 63.5 cm³/mol. The van der Waals surface area contributed by atoms with E-state index in [1.807, 2.05) is 0 Å². The maximum absolute atomic E-state index is 11.6. The van der Waals surface area contributed by atoms with Gasteiger partial charge >= 0.3 is 0 Å². The first-order valence-electron chi connectivity index (χ1n) is 4.39. The first-order valence-corrected chi connectivity index (χ1v) is 6.32. The van der Waals surface area contributed by atoms with E-state index in [2.05, 4.69) is 4.72 Å². The third-order valence-electron chi connectivity index (χ3n) is 1.86. The summed E-state index contributed by atoms with van der Waals surface area (Å²) in [7, 11) is -3.38. The van der Waals surface area contributed by atoms with E-state index >= 15 is 0 Å². The van der Waals surface area contributed by atoms with Gasteiger partial charge in [0.05, 0.1) is 16.0 Å². The van der Waals surface area contributed by atoms with E-state index in [-0.39, 0.29) is 0 Å². The highest BCUT2D eigenvalue weighted by Gasteiger charge is 2.16. The Kier molecular flexibility index (Phi) is 3.46. The number of nitrogens with one attached hydrogen (secondary N) is 1. The molecule has 15 heavy (non-hydrogen) atoms. The van der Waals surface area contributed by atoms with E-state index in [0.717, 1.165) is 0 Å². The Hall–Kier alpha value is -0.940. The Balaban J connectivity index is 3.05. The molecule has 84 valence electrons. The number of nitrogen functional groups attached to an aromatic ring is 1. The van der Waals surface area contributed by atoms with E-state index in [1.165, 1.54) is 6.07 Å². The molecule has 0 aliphatic heterocycles. The van der Waals surface area contributed by atoms with Crippen molar-refractivity contribution in [2.24, 2.45) is 0 Å². The zero-order valence-electron chi connectivity index (χ0n) is 8.49. The Morgan fingerprint density at radius 3 is 2.53 bits per heavy atom. The second-order valence-corrected chi connectivity index (χ2v) is 6.08. The molecule has 0 bridgehead atoms. The predicted octanol–water partition coefficient (Wildman–Crippen LogP) is 2.07. The van der Waals surface area contributed by atoms with E-state index < -0.39 is 15.3 Å². The molecule has 0 saturated carbocycles. The Morgan fingerprint density at radius 1 is 1.40 bits per heavy atom. The van der Waals surface area contributed by atoms with Crippen LogP contribution < -0.4 is 10.5 Å². The molecule has 0 saturated heterocycles. The molecule has 1 aromatic rings. The lowest BCUT2D eigenvalue weighted by Crippen LogP contribution is -2.22. The van der Waals surface area contributed by atoms with Crippen molar-refractivity contribution in [2.75, 3.05) is 10.5 Å². The molecule has 0 aliphatic rings. The number of rotatable bonds is 3. The monoisotopic (exact) mass is 248 g/mol. The molecule has 0 fully saturated rings. The minimum atomic E-state index is -3.38. The minimum Gasteiger partial charge on any atom is -0.399 e. The first-order chi connectivity index (χ1) is 6.83. The maximum atomic E-state index is 11.6. The molecule has 6 heteroatoms. The fraction of sp³-hybridized carbons (Fsp3) is 0.333. The zero-order valence-corrected chi connectivity index (χ0v) is 10.1. The summed E-state index contributed by atoms with van der Waals surface area (Å²) in [4.78, 5) is 0. The van der Waals surface area contributed by atoms with Crippen LogP contribution in [0.4, 0.5) is 11.4 Å². The number of benzene rings is 1. The van der Waals surface area contributed by atoms with E-state index in [4.69, 9.17) is 17.3 Å². The molecule has 0 aliphatic carbocycles. The third-order valence-corrected chi connectivity index (χ3v) is 3.94. The Morgan fingerprint density at radius 2 is 2.00 bits per heavy atom. The van der Waals surface area contributed by atoms with Crippen molar-refractivity contribution in [3.63, 3.8) is 0 Å². The molecule has 1 rings (SSSR count). The number of nitrogens with two attached hydrogens (primary N) is 1. The van der Waals surface area contributed by atoms with Crippen LogP contribution in [-0.2, 0) is 10.0 Å². The second kappa shape index (κ2) is 4.28. The van der Waals surface area contributed by atoms with Crippen LogP contribution in [-0.4, -0.2) is 13.7 Å². The van der Waals surface area contributed by atoms with Crippen molar-refractivity contribution >= 4 is 33.0 Å². The van der Waals surface area contributed by atoms with E-state index in [1.54, 1.807) is 26.0 Å². The molecule has 0 atom stereocenters. The van der Waals surface area contributed by atoms with Gasteiger partial charge < -0.3 is 5.73 Å². The van der Waals surface area contributed by atoms with Gasteiger partial charge in [0.15, 0.2) is 0 Å². The Labute approximate surface area is 94.5 Å². The second-order valence-electron chi connectivity index (χ2n) is 3.44. The lowest BCUT2D eigenvalue weighted by atomic mass is 10.3. The number of halogens is 1. The van der Waals surface area contributed by atoms with Crippen LogP contribution in [0, 0.1) is 0 Å². The summed E-state index contributed by atoms with van der Waals surface area (Å²) in [6, 6.07) is 4.65. The van der Waals surface area contributed by atoms with Crippen molar-refractivity contribution in [2.45, 2.75) is 19.1 Å². The SMILES string of the molecule is CC(C)S(=O)(=O)Nc1cc(N)ccc1Cl. The van der Waals surface area contributed by atoms with Gasteiger partial charge in [0, 0.05) is 5.69 Å². The number of anilines is 2. The summed E-state index contributed by atoms with van der Waals surface area (Å²) in [5, 5.41) is -0.191. The van der Waals surface area contributed by atoms with E-state index in [0.29, 0.717) is 16.4 Å². The molecule has 0 heterocycles. The molecule has 0 radical (unpaired) electrons. The van der Waals surface area contributed by atoms with Crippen molar-refractivity contribution in [3.05, 3.63) is 23.2 Å². The van der Waals surface area contributed by atoms with Crippen LogP contribution in [0.2, 0.25) is 5.02 Å². The summed E-state index contributed by atoms with van der Waals surface area (Å²) < 4.78 is 25.5. The molecule has 0 unspecified atom stereocenters. The number of sulfonamides is 1. The van der Waals surface area contributed by atoms with Crippen molar-refractivity contribution in [1.82, 2.24) is 0 Å². The van der Waals surface area contributed by atoms with Gasteiger partial charge in [-0.2, -0.15) is 0 Å². The van der Waals surface area contributed by atoms with Gasteiger partial charge in [-0.3, -0.25) is 4.72 Å². The van der Waals surface area contributed by atoms with Crippen molar-refractivity contribution in [3.8, 4) is 0 Å². The van der Waals surface area contributed by atoms with Crippen LogP contribution in [0.5, 0.6) is 0 Å². The molecule has 1 aromatic carbocycles. The smallest absolute Gasteiger partial charge is 0.235 e. The molecule has 0 aromatic heterocycles. The Bertz CT molecular complexity index is 457. The summed E-state index contributed by atoms with van der Waals surface area (Å²) >= 11 is 5.82. The van der Waals surface area contributed by atoms with Gasteiger partial charge in [0.1, 0.15) is 0 Å². The van der Waals surface area contributed by atoms with Crippen LogP contribution in [0.15, 0.2) is 18.2 Å². The third kappa shape index (κ3) is 3.00. The highest BCUT2D eigenvalue weighted by molar-refractivity contribution is 7.93. The fourth-order valence-corrected chi connectivity index (χ4v) is 1.82.